The first-order chi connectivity index (χ1) is 22.1. The number of rotatable bonds is 5. The highest BCUT2D eigenvalue weighted by Gasteiger charge is 2.46. The second-order valence-corrected chi connectivity index (χ2v) is 15.2. The number of ether oxygens (including phenoxy) is 2. The largest absolute Gasteiger partial charge is 0.461 e. The van der Waals surface area contributed by atoms with Crippen molar-refractivity contribution in [3.05, 3.63) is 30.2 Å². The van der Waals surface area contributed by atoms with Crippen molar-refractivity contribution in [3.63, 3.8) is 0 Å². The summed E-state index contributed by atoms with van der Waals surface area (Å²) in [5.74, 6) is 0.0176. The molecule has 2 atom stereocenters. The van der Waals surface area contributed by atoms with Gasteiger partial charge in [-0.15, -0.1) is 0 Å². The Labute approximate surface area is 270 Å². The average molecular weight is 647 g/mol. The van der Waals surface area contributed by atoms with Crippen LogP contribution in [0, 0.1) is 5.82 Å². The number of nitrogen functional groups attached to an aromatic ring is 1. The van der Waals surface area contributed by atoms with Crippen LogP contribution in [0.5, 0.6) is 6.01 Å². The van der Waals surface area contributed by atoms with E-state index in [1.54, 1.807) is 12.3 Å². The molecule has 11 nitrogen and oxygen atoms in total. The monoisotopic (exact) mass is 646 g/mol. The Bertz CT molecular complexity index is 1820. The minimum absolute atomic E-state index is 0.0151. The maximum atomic E-state index is 16.7. The first-order valence-electron chi connectivity index (χ1n) is 16.2. The third-order valence-corrected chi connectivity index (χ3v) is 10.9. The van der Waals surface area contributed by atoms with E-state index in [0.717, 1.165) is 56.3 Å². The van der Waals surface area contributed by atoms with Gasteiger partial charge in [0.2, 0.25) is 0 Å². The van der Waals surface area contributed by atoms with Gasteiger partial charge in [0.25, 0.3) is 0 Å². The van der Waals surface area contributed by atoms with Gasteiger partial charge in [0.1, 0.15) is 29.2 Å². The van der Waals surface area contributed by atoms with Gasteiger partial charge in [0, 0.05) is 24.8 Å². The topological polar surface area (TPSA) is 123 Å². The molecule has 1 amide bonds. The van der Waals surface area contributed by atoms with Crippen molar-refractivity contribution in [1.82, 2.24) is 29.7 Å². The average Bonchev–Trinajstić information content (AvgIpc) is 3.76. The molecule has 0 aliphatic carbocycles. The van der Waals surface area contributed by atoms with E-state index >= 15 is 4.39 Å². The van der Waals surface area contributed by atoms with Crippen LogP contribution in [0.15, 0.2) is 24.4 Å². The number of amides is 1. The number of nitrogens with zero attached hydrogens (tertiary/aromatic N) is 7. The Hall–Kier alpha value is -3.84. The molecular weight excluding hydrogens is 607 g/mol. The number of thiazole rings is 1. The molecule has 2 bridgehead atoms. The maximum absolute atomic E-state index is 16.7. The van der Waals surface area contributed by atoms with Gasteiger partial charge in [-0.2, -0.15) is 9.97 Å². The fourth-order valence-corrected chi connectivity index (χ4v) is 8.78. The lowest BCUT2D eigenvalue weighted by atomic mass is 9.95. The number of para-hydroxylation sites is 1. The summed E-state index contributed by atoms with van der Waals surface area (Å²) in [7, 11) is 0. The van der Waals surface area contributed by atoms with E-state index in [2.05, 4.69) is 19.8 Å². The molecule has 46 heavy (non-hydrogen) atoms. The summed E-state index contributed by atoms with van der Waals surface area (Å²) in [5, 5.41) is 0.918. The minimum Gasteiger partial charge on any atom is -0.461 e. The number of piperazine rings is 1. The Morgan fingerprint density at radius 1 is 1.09 bits per heavy atom. The number of pyridine rings is 1. The van der Waals surface area contributed by atoms with Crippen molar-refractivity contribution in [2.45, 2.75) is 82.5 Å². The van der Waals surface area contributed by atoms with Gasteiger partial charge < -0.3 is 20.1 Å². The zero-order chi connectivity index (χ0) is 31.8. The molecule has 1 aromatic carbocycles. The molecule has 2 N–H and O–H groups in total. The van der Waals surface area contributed by atoms with Crippen LogP contribution in [0.1, 0.15) is 59.3 Å². The van der Waals surface area contributed by atoms with Gasteiger partial charge in [-0.25, -0.2) is 14.2 Å². The van der Waals surface area contributed by atoms with Crippen LogP contribution in [0.4, 0.5) is 20.1 Å². The lowest BCUT2D eigenvalue weighted by molar-refractivity contribution is 0.0122. The smallest absolute Gasteiger partial charge is 0.410 e. The van der Waals surface area contributed by atoms with Crippen LogP contribution in [-0.4, -0.2) is 91.8 Å². The summed E-state index contributed by atoms with van der Waals surface area (Å²) >= 11 is 1.35. The highest BCUT2D eigenvalue weighted by atomic mass is 32.1. The molecule has 0 saturated carbocycles. The Kier molecular flexibility index (Phi) is 6.98. The Morgan fingerprint density at radius 3 is 2.54 bits per heavy atom. The van der Waals surface area contributed by atoms with Crippen molar-refractivity contribution in [3.8, 4) is 17.3 Å². The van der Waals surface area contributed by atoms with Gasteiger partial charge in [-0.3, -0.25) is 14.8 Å². The summed E-state index contributed by atoms with van der Waals surface area (Å²) in [5.41, 5.74) is 6.90. The molecule has 4 saturated heterocycles. The highest BCUT2D eigenvalue weighted by molar-refractivity contribution is 7.22. The fourth-order valence-electron chi connectivity index (χ4n) is 8.02. The molecule has 4 aromatic rings. The zero-order valence-electron chi connectivity index (χ0n) is 26.5. The summed E-state index contributed by atoms with van der Waals surface area (Å²) in [6.45, 7) is 9.35. The maximum Gasteiger partial charge on any atom is 0.410 e. The summed E-state index contributed by atoms with van der Waals surface area (Å²) in [6.07, 6.45) is 7.53. The molecule has 4 aliphatic heterocycles. The summed E-state index contributed by atoms with van der Waals surface area (Å²) in [6, 6.07) is 5.64. The van der Waals surface area contributed by atoms with Crippen LogP contribution in [0.3, 0.4) is 0 Å². The van der Waals surface area contributed by atoms with E-state index in [-0.39, 0.29) is 40.9 Å². The Morgan fingerprint density at radius 2 is 1.83 bits per heavy atom. The molecule has 2 unspecified atom stereocenters. The van der Waals surface area contributed by atoms with Crippen LogP contribution < -0.4 is 15.4 Å². The zero-order valence-corrected chi connectivity index (χ0v) is 27.3. The molecule has 242 valence electrons. The SMILES string of the molecule is CC(C)(C)OC(=O)N1C2CCC1CN(c1nc(OCC34CCCN3CCC4)nc3c(F)c(-c4cccc5sc(N)nc45)ncc13)C2. The molecule has 4 aliphatic rings. The lowest BCUT2D eigenvalue weighted by Crippen LogP contribution is -2.57. The fraction of sp³-hybridized carbons (Fsp3) is 0.545. The van der Waals surface area contributed by atoms with Crippen molar-refractivity contribution < 1.29 is 18.7 Å². The molecule has 7 heterocycles. The van der Waals surface area contributed by atoms with Crippen LogP contribution in [0.25, 0.3) is 32.4 Å². The molecule has 0 spiro atoms. The quantitative estimate of drug-likeness (QED) is 0.292. The number of benzene rings is 1. The number of hydrogen-bond donors (Lipinski definition) is 1. The predicted octanol–water partition coefficient (Wildman–Crippen LogP) is 5.62. The summed E-state index contributed by atoms with van der Waals surface area (Å²) in [4.78, 5) is 38.4. The van der Waals surface area contributed by atoms with Crippen LogP contribution in [0.2, 0.25) is 0 Å². The standard InChI is InChI=1S/C33H39FN8O3S/c1-32(2,3)45-31(43)42-19-9-10-20(42)17-40(16-19)28-22-15-36-26(21-7-4-8-23-25(21)37-29(35)46-23)24(34)27(22)38-30(39-28)44-18-33-11-5-13-41(33)14-6-12-33/h4,7-8,15,19-20H,5-6,9-14,16-18H2,1-3H3,(H2,35,37). The van der Waals surface area contributed by atoms with Crippen molar-refractivity contribution in [1.29, 1.82) is 0 Å². The first-order valence-corrected chi connectivity index (χ1v) is 17.1. The van der Waals surface area contributed by atoms with Crippen LogP contribution in [-0.2, 0) is 4.74 Å². The molecule has 3 aromatic heterocycles. The van der Waals surface area contributed by atoms with Gasteiger partial charge in [0.05, 0.1) is 33.2 Å². The number of anilines is 2. The summed E-state index contributed by atoms with van der Waals surface area (Å²) < 4.78 is 29.7. The first kappa shape index (κ1) is 29.6. The second kappa shape index (κ2) is 10.9. The number of fused-ring (bicyclic) bond motifs is 5. The third-order valence-electron chi connectivity index (χ3n) is 10.0. The van der Waals surface area contributed by atoms with E-state index in [0.29, 0.717) is 47.1 Å². The van der Waals surface area contributed by atoms with E-state index in [1.807, 2.05) is 37.8 Å². The van der Waals surface area contributed by atoms with E-state index in [1.165, 1.54) is 11.3 Å². The van der Waals surface area contributed by atoms with E-state index in [4.69, 9.17) is 25.2 Å². The van der Waals surface area contributed by atoms with E-state index in [9.17, 15) is 4.79 Å². The third kappa shape index (κ3) is 4.98. The number of carbonyl (C=O) groups excluding carboxylic acids is 1. The number of aromatic nitrogens is 4. The van der Waals surface area contributed by atoms with E-state index < -0.39 is 11.4 Å². The van der Waals surface area contributed by atoms with Gasteiger partial charge >= 0.3 is 12.1 Å². The molecule has 4 fully saturated rings. The van der Waals surface area contributed by atoms with Crippen LogP contribution >= 0.6 is 11.3 Å². The molecule has 13 heteroatoms. The van der Waals surface area contributed by atoms with Crippen molar-refractivity contribution in [2.75, 3.05) is 43.4 Å². The molecule has 0 radical (unpaired) electrons. The minimum atomic E-state index is -0.577. The normalized spacial score (nSPS) is 22.6. The van der Waals surface area contributed by atoms with Gasteiger partial charge in [0.15, 0.2) is 10.9 Å². The highest BCUT2D eigenvalue weighted by Crippen LogP contribution is 2.41. The predicted molar refractivity (Wildman–Crippen MR) is 176 cm³/mol. The lowest BCUT2D eigenvalue weighted by Gasteiger charge is -2.42. The molecular formula is C33H39FN8O3S. The molecule has 8 rings (SSSR count). The van der Waals surface area contributed by atoms with Gasteiger partial charge in [-0.1, -0.05) is 23.5 Å². The number of hydrogen-bond acceptors (Lipinski definition) is 11. The van der Waals surface area contributed by atoms with Crippen molar-refractivity contribution >= 4 is 49.5 Å². The second-order valence-electron chi connectivity index (χ2n) is 14.1. The number of nitrogens with two attached hydrogens (primary N) is 1. The number of halogens is 1. The Balaban J connectivity index is 1.19. The number of carbonyl (C=O) groups is 1. The van der Waals surface area contributed by atoms with Crippen molar-refractivity contribution in [2.24, 2.45) is 0 Å². The van der Waals surface area contributed by atoms with Gasteiger partial charge in [-0.05, 0) is 78.5 Å².